The summed E-state index contributed by atoms with van der Waals surface area (Å²) in [5.41, 5.74) is 3.51. The smallest absolute Gasteiger partial charge is 0.416 e. The number of hydrogen-bond donors (Lipinski definition) is 3. The number of phenolic OH excluding ortho intramolecular Hbond substituents is 1. The molecule has 6 rings (SSSR count). The van der Waals surface area contributed by atoms with Crippen LogP contribution in [0.3, 0.4) is 0 Å². The third-order valence-electron chi connectivity index (χ3n) is 8.71. The van der Waals surface area contributed by atoms with Gasteiger partial charge in [-0.25, -0.2) is 9.18 Å². The van der Waals surface area contributed by atoms with E-state index in [0.29, 0.717) is 37.1 Å². The van der Waals surface area contributed by atoms with Crippen molar-refractivity contribution < 1.29 is 27.4 Å². The van der Waals surface area contributed by atoms with E-state index in [2.05, 4.69) is 5.32 Å². The summed E-state index contributed by atoms with van der Waals surface area (Å²) >= 11 is 0. The molecule has 12 heteroatoms. The fourth-order valence-electron chi connectivity index (χ4n) is 6.51. The number of rotatable bonds is 7. The predicted octanol–water partition coefficient (Wildman–Crippen LogP) is 4.51. The summed E-state index contributed by atoms with van der Waals surface area (Å²) in [5.74, 6) is -1.09. The average Bonchev–Trinajstić information content (AvgIpc) is 3.31. The van der Waals surface area contributed by atoms with E-state index >= 15 is 4.39 Å². The van der Waals surface area contributed by atoms with Gasteiger partial charge in [-0.2, -0.15) is 13.2 Å². The van der Waals surface area contributed by atoms with Crippen molar-refractivity contribution in [2.45, 2.75) is 56.3 Å². The number of phenols is 1. The van der Waals surface area contributed by atoms with Crippen molar-refractivity contribution in [2.24, 2.45) is 5.73 Å². The zero-order valence-corrected chi connectivity index (χ0v) is 24.2. The lowest BCUT2D eigenvalue weighted by molar-refractivity contribution is -0.138. The molecule has 0 amide bonds. The largest absolute Gasteiger partial charge is 0.508 e. The quantitative estimate of drug-likeness (QED) is 0.261. The minimum Gasteiger partial charge on any atom is -0.508 e. The molecule has 0 radical (unpaired) electrons. The van der Waals surface area contributed by atoms with Crippen molar-refractivity contribution in [1.29, 1.82) is 0 Å². The molecule has 2 atom stereocenters. The van der Waals surface area contributed by atoms with Gasteiger partial charge in [0.15, 0.2) is 0 Å². The summed E-state index contributed by atoms with van der Waals surface area (Å²) in [7, 11) is 0. The van der Waals surface area contributed by atoms with E-state index in [1.54, 1.807) is 42.5 Å². The van der Waals surface area contributed by atoms with Gasteiger partial charge in [0.25, 0.3) is 5.56 Å². The third-order valence-corrected chi connectivity index (χ3v) is 8.71. The highest BCUT2D eigenvalue weighted by Crippen LogP contribution is 2.48. The number of benzene rings is 3. The molecule has 4 N–H and O–H groups in total. The molecular weight excluding hydrogens is 592 g/mol. The van der Waals surface area contributed by atoms with Crippen LogP contribution in [0, 0.1) is 5.82 Å². The Morgan fingerprint density at radius 1 is 0.978 bits per heavy atom. The van der Waals surface area contributed by atoms with Gasteiger partial charge >= 0.3 is 11.9 Å². The molecule has 1 spiro atoms. The Morgan fingerprint density at radius 2 is 1.67 bits per heavy atom. The molecule has 0 aliphatic carbocycles. The lowest BCUT2D eigenvalue weighted by Crippen LogP contribution is -2.49. The fourth-order valence-corrected chi connectivity index (χ4v) is 6.51. The van der Waals surface area contributed by atoms with Gasteiger partial charge in [0.2, 0.25) is 0 Å². The topological polar surface area (TPSA) is 112 Å². The Labute approximate surface area is 255 Å². The molecule has 1 aromatic heterocycles. The lowest BCUT2D eigenvalue weighted by atomic mass is 9.85. The Hall–Kier alpha value is -4.26. The Balaban J connectivity index is 1.59. The van der Waals surface area contributed by atoms with E-state index in [4.69, 9.17) is 10.5 Å². The number of alkyl halides is 3. The van der Waals surface area contributed by atoms with E-state index in [9.17, 15) is 27.9 Å². The van der Waals surface area contributed by atoms with Crippen molar-refractivity contribution in [3.63, 3.8) is 0 Å². The van der Waals surface area contributed by atoms with Gasteiger partial charge in [0.1, 0.15) is 23.3 Å². The minimum atomic E-state index is -4.90. The third kappa shape index (κ3) is 5.81. The van der Waals surface area contributed by atoms with Crippen LogP contribution in [0.2, 0.25) is 0 Å². The van der Waals surface area contributed by atoms with Gasteiger partial charge in [-0.15, -0.1) is 0 Å². The zero-order valence-electron chi connectivity index (χ0n) is 24.2. The van der Waals surface area contributed by atoms with Crippen molar-refractivity contribution in [1.82, 2.24) is 14.5 Å². The molecule has 1 fully saturated rings. The van der Waals surface area contributed by atoms with E-state index < -0.39 is 58.7 Å². The van der Waals surface area contributed by atoms with Gasteiger partial charge in [-0.1, -0.05) is 48.5 Å². The highest BCUT2D eigenvalue weighted by molar-refractivity contribution is 5.38. The van der Waals surface area contributed by atoms with Crippen molar-refractivity contribution >= 4 is 0 Å². The van der Waals surface area contributed by atoms with E-state index in [1.165, 1.54) is 12.1 Å². The van der Waals surface area contributed by atoms with Gasteiger partial charge in [-0.05, 0) is 61.3 Å². The van der Waals surface area contributed by atoms with Crippen LogP contribution in [0.4, 0.5) is 17.6 Å². The second-order valence-corrected chi connectivity index (χ2v) is 11.5. The van der Waals surface area contributed by atoms with Gasteiger partial charge in [0, 0.05) is 18.0 Å². The lowest BCUT2D eigenvalue weighted by Gasteiger charge is -2.34. The van der Waals surface area contributed by atoms with E-state index in [-0.39, 0.29) is 30.0 Å². The molecule has 4 aromatic rings. The first-order valence-electron chi connectivity index (χ1n) is 14.7. The molecule has 3 heterocycles. The Kier molecular flexibility index (Phi) is 8.14. The number of piperidine rings is 1. The summed E-state index contributed by atoms with van der Waals surface area (Å²) in [6.07, 6.45) is -4.91. The van der Waals surface area contributed by atoms with Crippen LogP contribution >= 0.6 is 0 Å². The predicted molar refractivity (Wildman–Crippen MR) is 158 cm³/mol. The van der Waals surface area contributed by atoms with E-state index in [0.717, 1.165) is 27.3 Å². The van der Waals surface area contributed by atoms with Crippen molar-refractivity contribution in [3.8, 4) is 5.75 Å². The summed E-state index contributed by atoms with van der Waals surface area (Å²) < 4.78 is 66.2. The maximum Gasteiger partial charge on any atom is 0.416 e. The molecule has 3 aromatic carbocycles. The molecule has 8 nitrogen and oxygen atoms in total. The zero-order chi connectivity index (χ0) is 31.9. The highest BCUT2D eigenvalue weighted by Gasteiger charge is 2.50. The van der Waals surface area contributed by atoms with Crippen LogP contribution in [0.1, 0.15) is 58.5 Å². The normalized spacial score (nSPS) is 18.2. The second kappa shape index (κ2) is 11.9. The molecule has 45 heavy (non-hydrogen) atoms. The fraction of sp³-hybridized carbons (Fsp3) is 0.333. The summed E-state index contributed by atoms with van der Waals surface area (Å²) in [6.45, 7) is -0.0410. The first kappa shape index (κ1) is 30.8. The number of nitrogens with one attached hydrogen (secondary N) is 1. The maximum atomic E-state index is 15.2. The first-order valence-corrected chi connectivity index (χ1v) is 14.7. The van der Waals surface area contributed by atoms with Gasteiger partial charge in [-0.3, -0.25) is 13.9 Å². The number of ether oxygens (including phenoxy) is 1. The van der Waals surface area contributed by atoms with Gasteiger partial charge < -0.3 is 20.9 Å². The van der Waals surface area contributed by atoms with Crippen LogP contribution in [-0.4, -0.2) is 27.3 Å². The number of aromatic nitrogens is 2. The second-order valence-electron chi connectivity index (χ2n) is 11.5. The van der Waals surface area contributed by atoms with Crippen LogP contribution in [0.5, 0.6) is 5.75 Å². The Bertz CT molecular complexity index is 1810. The van der Waals surface area contributed by atoms with Crippen LogP contribution in [0.15, 0.2) is 82.4 Å². The SMILES string of the molecule is NC(Cn1c(=O)c2c(n(Cc3c(F)cccc3C(F)(F)F)c1=O)[C@@H](Cc1ccc(O)cc1)OC21CCNCC1)c1ccccc1. The molecule has 2 aliphatic heterocycles. The van der Waals surface area contributed by atoms with Crippen LogP contribution in [0.25, 0.3) is 0 Å². The summed E-state index contributed by atoms with van der Waals surface area (Å²) in [6, 6.07) is 17.0. The summed E-state index contributed by atoms with van der Waals surface area (Å²) in [5, 5.41) is 13.0. The number of hydrogen-bond acceptors (Lipinski definition) is 6. The van der Waals surface area contributed by atoms with E-state index in [1.807, 2.05) is 0 Å². The maximum absolute atomic E-state index is 15.2. The molecule has 0 bridgehead atoms. The number of nitrogens with zero attached hydrogens (tertiary/aromatic N) is 2. The number of fused-ring (bicyclic) bond motifs is 2. The molecule has 2 aliphatic rings. The van der Waals surface area contributed by atoms with Crippen molar-refractivity contribution in [3.05, 3.63) is 133 Å². The van der Waals surface area contributed by atoms with Crippen molar-refractivity contribution in [2.75, 3.05) is 13.1 Å². The first-order chi connectivity index (χ1) is 21.5. The molecule has 236 valence electrons. The average molecular weight is 625 g/mol. The Morgan fingerprint density at radius 3 is 2.33 bits per heavy atom. The monoisotopic (exact) mass is 624 g/mol. The van der Waals surface area contributed by atoms with Crippen LogP contribution < -0.4 is 22.3 Å². The van der Waals surface area contributed by atoms with Crippen LogP contribution in [-0.2, 0) is 36.0 Å². The molecule has 1 unspecified atom stereocenters. The summed E-state index contributed by atoms with van der Waals surface area (Å²) in [4.78, 5) is 28.6. The standard InChI is InChI=1S/C33H32F4N4O4/c34-25-8-4-7-24(33(35,36)37)23(25)18-40-29-27(17-20-9-11-22(42)12-10-20)45-32(13-15-39-16-14-32)28(29)30(43)41(31(40)44)19-26(38)21-5-2-1-3-6-21/h1-12,26-27,39,42H,13-19,38H2/t26?,27-/m1/s1. The molecule has 1 saturated heterocycles. The minimum absolute atomic E-state index is 0.0371. The molecule has 0 saturated carbocycles. The number of nitrogens with two attached hydrogens (primary N) is 1. The molecular formula is C33H32F4N4O4. The number of aromatic hydroxyl groups is 1. The van der Waals surface area contributed by atoms with Gasteiger partial charge in [0.05, 0.1) is 29.9 Å². The highest BCUT2D eigenvalue weighted by atomic mass is 19.4. The number of halogens is 4.